The molecule has 3 N–H and O–H groups in total. The summed E-state index contributed by atoms with van der Waals surface area (Å²) in [6.45, 7) is 3.16. The van der Waals surface area contributed by atoms with Crippen molar-refractivity contribution in [3.05, 3.63) is 0 Å². The molecular weight excluding hydrogens is 282 g/mol. The average molecular weight is 322 g/mol. The minimum absolute atomic E-state index is 0.873. The predicted molar refractivity (Wildman–Crippen MR) is 96.7 cm³/mol. The van der Waals surface area contributed by atoms with Gasteiger partial charge in [-0.2, -0.15) is 0 Å². The fourth-order valence-electron chi connectivity index (χ4n) is 2.69. The molecule has 0 aliphatic carbocycles. The highest BCUT2D eigenvalue weighted by molar-refractivity contribution is 6.04. The molecular formula is C18H40ClNO. The molecule has 3 heteroatoms. The Bertz CT molecular complexity index is 140. The van der Waals surface area contributed by atoms with Gasteiger partial charge in [0.05, 0.1) is 11.9 Å². The Morgan fingerprint density at radius 1 is 0.524 bits per heavy atom. The highest BCUT2D eigenvalue weighted by atomic mass is 35.5. The van der Waals surface area contributed by atoms with Crippen molar-refractivity contribution in [2.24, 2.45) is 5.73 Å². The maximum absolute atomic E-state index is 6.47. The number of hydrogen-bond acceptors (Lipinski definition) is 2. The molecule has 0 spiro atoms. The van der Waals surface area contributed by atoms with Crippen LogP contribution in [0.25, 0.3) is 0 Å². The topological polar surface area (TPSA) is 46.2 Å². The van der Waals surface area contributed by atoms with Gasteiger partial charge >= 0.3 is 0 Å². The van der Waals surface area contributed by atoms with Gasteiger partial charge in [-0.1, -0.05) is 103 Å². The molecule has 0 fully saturated rings. The van der Waals surface area contributed by atoms with Crippen LogP contribution in [0.15, 0.2) is 0 Å². The Balaban J connectivity index is 0. The van der Waals surface area contributed by atoms with Crippen molar-refractivity contribution in [3.8, 4) is 0 Å². The van der Waals surface area contributed by atoms with Gasteiger partial charge in [0.2, 0.25) is 0 Å². The monoisotopic (exact) mass is 321 g/mol. The third-order valence-electron chi connectivity index (χ3n) is 4.06. The van der Waals surface area contributed by atoms with Gasteiger partial charge in [-0.15, -0.1) is 0 Å². The largest absolute Gasteiger partial charge is 0.330 e. The first-order chi connectivity index (χ1) is 10.4. The maximum Gasteiger partial charge on any atom is 0.0579 e. The molecule has 130 valence electrons. The highest BCUT2D eigenvalue weighted by Gasteiger charge is 1.94. The van der Waals surface area contributed by atoms with Crippen LogP contribution in [0.3, 0.4) is 0 Å². The first-order valence-electron chi connectivity index (χ1n) is 9.28. The first kappa shape index (κ1) is 23.5. The summed E-state index contributed by atoms with van der Waals surface area (Å²) >= 11 is 3.64. The van der Waals surface area contributed by atoms with E-state index in [4.69, 9.17) is 10.4 Å². The SMILES string of the molecule is CCCCCCCCCCCCCCCCCCN.OCl. The Morgan fingerprint density at radius 2 is 0.762 bits per heavy atom. The van der Waals surface area contributed by atoms with Gasteiger partial charge < -0.3 is 5.73 Å². The zero-order valence-corrected chi connectivity index (χ0v) is 15.2. The Kier molecular flexibility index (Phi) is 28.1. The van der Waals surface area contributed by atoms with Crippen LogP contribution in [0.4, 0.5) is 0 Å². The fourth-order valence-corrected chi connectivity index (χ4v) is 2.69. The predicted octanol–water partition coefficient (Wildman–Crippen LogP) is 6.34. The number of unbranched alkanes of at least 4 members (excludes halogenated alkanes) is 15. The molecule has 0 radical (unpaired) electrons. The molecule has 0 amide bonds. The molecule has 0 saturated heterocycles. The van der Waals surface area contributed by atoms with E-state index in [1.165, 1.54) is 103 Å². The average Bonchev–Trinajstić information content (AvgIpc) is 2.53. The van der Waals surface area contributed by atoms with Gasteiger partial charge in [-0.25, -0.2) is 0 Å². The second-order valence-electron chi connectivity index (χ2n) is 6.09. The van der Waals surface area contributed by atoms with E-state index in [1.807, 2.05) is 0 Å². The fraction of sp³-hybridized carbons (Fsp3) is 1.00. The molecule has 0 aromatic rings. The molecule has 0 aliphatic rings. The van der Waals surface area contributed by atoms with Crippen molar-refractivity contribution in [2.75, 3.05) is 6.54 Å². The van der Waals surface area contributed by atoms with Crippen molar-refractivity contribution in [3.63, 3.8) is 0 Å². The van der Waals surface area contributed by atoms with Gasteiger partial charge in [0.15, 0.2) is 0 Å². The molecule has 0 aliphatic heterocycles. The van der Waals surface area contributed by atoms with E-state index in [2.05, 4.69) is 18.8 Å². The third-order valence-corrected chi connectivity index (χ3v) is 4.06. The molecule has 0 saturated carbocycles. The minimum atomic E-state index is 0.873. The second-order valence-corrected chi connectivity index (χ2v) is 6.09. The van der Waals surface area contributed by atoms with E-state index in [0.717, 1.165) is 6.54 Å². The minimum Gasteiger partial charge on any atom is -0.330 e. The number of halogens is 1. The quantitative estimate of drug-likeness (QED) is 0.326. The van der Waals surface area contributed by atoms with Crippen molar-refractivity contribution >= 4 is 11.9 Å². The van der Waals surface area contributed by atoms with Crippen molar-refractivity contribution in [1.82, 2.24) is 0 Å². The van der Waals surface area contributed by atoms with Crippen molar-refractivity contribution < 1.29 is 4.66 Å². The van der Waals surface area contributed by atoms with Crippen LogP contribution >= 0.6 is 11.9 Å². The van der Waals surface area contributed by atoms with Crippen LogP contribution in [0.2, 0.25) is 0 Å². The molecule has 21 heavy (non-hydrogen) atoms. The van der Waals surface area contributed by atoms with E-state index in [9.17, 15) is 0 Å². The molecule has 0 aromatic heterocycles. The number of rotatable bonds is 16. The standard InChI is InChI=1S/C18H39N.ClHO/c1-2-3-4-5-6-7-8-9-10-11-12-13-14-15-16-17-18-19;1-2/h2-19H2,1H3;2H. The van der Waals surface area contributed by atoms with E-state index >= 15 is 0 Å². The van der Waals surface area contributed by atoms with E-state index in [-0.39, 0.29) is 0 Å². The molecule has 2 nitrogen and oxygen atoms in total. The molecule has 0 rings (SSSR count). The van der Waals surface area contributed by atoms with Gasteiger partial charge in [0, 0.05) is 0 Å². The summed E-state index contributed by atoms with van der Waals surface area (Å²) in [4.78, 5) is 0. The zero-order valence-electron chi connectivity index (χ0n) is 14.4. The summed E-state index contributed by atoms with van der Waals surface area (Å²) in [5.41, 5.74) is 5.48. The summed E-state index contributed by atoms with van der Waals surface area (Å²) in [5, 5.41) is 0. The van der Waals surface area contributed by atoms with Crippen LogP contribution in [-0.2, 0) is 0 Å². The summed E-state index contributed by atoms with van der Waals surface area (Å²) < 4.78 is 6.47. The molecule has 0 atom stereocenters. The van der Waals surface area contributed by atoms with E-state index < -0.39 is 0 Å². The van der Waals surface area contributed by atoms with Gasteiger partial charge in [0.25, 0.3) is 0 Å². The third kappa shape index (κ3) is 25.5. The van der Waals surface area contributed by atoms with Crippen LogP contribution in [-0.4, -0.2) is 11.2 Å². The molecule has 0 aromatic carbocycles. The lowest BCUT2D eigenvalue weighted by Crippen LogP contribution is -1.97. The zero-order chi connectivity index (χ0) is 16.0. The molecule has 0 unspecified atom stereocenters. The van der Waals surface area contributed by atoms with Crippen molar-refractivity contribution in [2.45, 2.75) is 110 Å². The lowest BCUT2D eigenvalue weighted by Gasteiger charge is -2.03. The van der Waals surface area contributed by atoms with E-state index in [0.29, 0.717) is 0 Å². The van der Waals surface area contributed by atoms with Crippen LogP contribution in [0.1, 0.15) is 110 Å². The van der Waals surface area contributed by atoms with Crippen LogP contribution < -0.4 is 5.73 Å². The van der Waals surface area contributed by atoms with Gasteiger partial charge in [-0.3, -0.25) is 4.66 Å². The van der Waals surface area contributed by atoms with Gasteiger partial charge in [-0.05, 0) is 13.0 Å². The maximum atomic E-state index is 6.47. The Labute approximate surface area is 139 Å². The summed E-state index contributed by atoms with van der Waals surface area (Å²) in [6, 6.07) is 0. The normalized spacial score (nSPS) is 10.3. The smallest absolute Gasteiger partial charge is 0.0579 e. The number of hydrogen-bond donors (Lipinski definition) is 2. The second kappa shape index (κ2) is 25.2. The van der Waals surface area contributed by atoms with Gasteiger partial charge in [0.1, 0.15) is 0 Å². The summed E-state index contributed by atoms with van der Waals surface area (Å²) in [5.74, 6) is 0. The highest BCUT2D eigenvalue weighted by Crippen LogP contribution is 2.13. The van der Waals surface area contributed by atoms with Crippen molar-refractivity contribution in [1.29, 1.82) is 0 Å². The summed E-state index contributed by atoms with van der Waals surface area (Å²) in [7, 11) is 0. The Hall–Kier alpha value is 0.210. The van der Waals surface area contributed by atoms with Crippen LogP contribution in [0.5, 0.6) is 0 Å². The lowest BCUT2D eigenvalue weighted by molar-refractivity contribution is 0.530. The first-order valence-corrected chi connectivity index (χ1v) is 9.62. The molecule has 0 bridgehead atoms. The summed E-state index contributed by atoms with van der Waals surface area (Å²) in [6.07, 6.45) is 22.9. The molecule has 0 heterocycles. The van der Waals surface area contributed by atoms with E-state index in [1.54, 1.807) is 0 Å². The Morgan fingerprint density at radius 3 is 1.00 bits per heavy atom. The lowest BCUT2D eigenvalue weighted by atomic mass is 10.0. The number of nitrogens with two attached hydrogens (primary N) is 1. The van der Waals surface area contributed by atoms with Crippen LogP contribution in [0, 0.1) is 0 Å².